The molecule has 0 heterocycles. The number of hydrogen-bond donors (Lipinski definition) is 2. The summed E-state index contributed by atoms with van der Waals surface area (Å²) in [4.78, 5) is 0. The highest BCUT2D eigenvalue weighted by atomic mass is 32.1. The summed E-state index contributed by atoms with van der Waals surface area (Å²) in [6.45, 7) is 0. The summed E-state index contributed by atoms with van der Waals surface area (Å²) in [6, 6.07) is 16.7. The zero-order valence-corrected chi connectivity index (χ0v) is 13.5. The molecular formula is C18H20N2OS. The molecular weight excluding hydrogens is 292 g/mol. The second-order valence-electron chi connectivity index (χ2n) is 5.47. The number of benzene rings is 2. The summed E-state index contributed by atoms with van der Waals surface area (Å²) in [5.74, 6) is 0.839. The van der Waals surface area contributed by atoms with Gasteiger partial charge in [0.15, 0.2) is 5.11 Å². The lowest BCUT2D eigenvalue weighted by Gasteiger charge is -2.27. The molecule has 0 bridgehead atoms. The van der Waals surface area contributed by atoms with E-state index in [2.05, 4.69) is 34.9 Å². The topological polar surface area (TPSA) is 33.3 Å². The van der Waals surface area contributed by atoms with Gasteiger partial charge in [-0.2, -0.15) is 0 Å². The third kappa shape index (κ3) is 3.39. The first-order valence-corrected chi connectivity index (χ1v) is 7.96. The lowest BCUT2D eigenvalue weighted by atomic mass is 9.88. The Morgan fingerprint density at radius 1 is 1.14 bits per heavy atom. The molecule has 1 aliphatic carbocycles. The van der Waals surface area contributed by atoms with E-state index < -0.39 is 0 Å². The summed E-state index contributed by atoms with van der Waals surface area (Å²) >= 11 is 5.45. The van der Waals surface area contributed by atoms with Crippen LogP contribution in [0, 0.1) is 0 Å². The fourth-order valence-corrected chi connectivity index (χ4v) is 3.16. The average Bonchev–Trinajstić information content (AvgIpc) is 2.56. The second-order valence-corrected chi connectivity index (χ2v) is 5.88. The molecule has 3 nitrogen and oxygen atoms in total. The summed E-state index contributed by atoms with van der Waals surface area (Å²) in [7, 11) is 1.66. The highest BCUT2D eigenvalue weighted by Crippen LogP contribution is 2.29. The number of fused-ring (bicyclic) bond motifs is 1. The number of anilines is 1. The maximum atomic E-state index is 5.45. The van der Waals surface area contributed by atoms with Crippen molar-refractivity contribution in [2.45, 2.75) is 25.3 Å². The molecule has 0 saturated carbocycles. The fourth-order valence-electron chi connectivity index (χ4n) is 2.90. The van der Waals surface area contributed by atoms with Crippen molar-refractivity contribution in [1.29, 1.82) is 0 Å². The van der Waals surface area contributed by atoms with E-state index in [0.29, 0.717) is 11.2 Å². The fraction of sp³-hybridized carbons (Fsp3) is 0.278. The van der Waals surface area contributed by atoms with E-state index in [1.54, 1.807) is 7.11 Å². The van der Waals surface area contributed by atoms with Gasteiger partial charge in [0.25, 0.3) is 0 Å². The Hall–Kier alpha value is -2.07. The van der Waals surface area contributed by atoms with Gasteiger partial charge in [-0.3, -0.25) is 0 Å². The number of ether oxygens (including phenoxy) is 1. The van der Waals surface area contributed by atoms with E-state index in [1.807, 2.05) is 24.3 Å². The minimum Gasteiger partial charge on any atom is -0.497 e. The Morgan fingerprint density at radius 2 is 1.91 bits per heavy atom. The monoisotopic (exact) mass is 312 g/mol. The number of hydrogen-bond acceptors (Lipinski definition) is 2. The van der Waals surface area contributed by atoms with Gasteiger partial charge < -0.3 is 15.4 Å². The average molecular weight is 312 g/mol. The highest BCUT2D eigenvalue weighted by Gasteiger charge is 2.20. The van der Waals surface area contributed by atoms with Gasteiger partial charge in [0, 0.05) is 5.69 Å². The predicted octanol–water partition coefficient (Wildman–Crippen LogP) is 4.06. The maximum absolute atomic E-state index is 5.45. The van der Waals surface area contributed by atoms with Crippen LogP contribution in [-0.2, 0) is 6.42 Å². The maximum Gasteiger partial charge on any atom is 0.171 e. The molecule has 2 N–H and O–H groups in total. The van der Waals surface area contributed by atoms with Crippen LogP contribution >= 0.6 is 12.2 Å². The van der Waals surface area contributed by atoms with Crippen LogP contribution in [0.15, 0.2) is 48.5 Å². The molecule has 3 rings (SSSR count). The number of thiocarbonyl (C=S) groups is 1. The van der Waals surface area contributed by atoms with E-state index in [-0.39, 0.29) is 0 Å². The van der Waals surface area contributed by atoms with E-state index in [9.17, 15) is 0 Å². The van der Waals surface area contributed by atoms with Gasteiger partial charge in [-0.15, -0.1) is 0 Å². The van der Waals surface area contributed by atoms with E-state index in [4.69, 9.17) is 17.0 Å². The predicted molar refractivity (Wildman–Crippen MR) is 94.5 cm³/mol. The minimum absolute atomic E-state index is 0.295. The molecule has 0 spiro atoms. The van der Waals surface area contributed by atoms with Crippen LogP contribution in [0.25, 0.3) is 0 Å². The molecule has 22 heavy (non-hydrogen) atoms. The quantitative estimate of drug-likeness (QED) is 0.838. The van der Waals surface area contributed by atoms with Crippen LogP contribution < -0.4 is 15.4 Å². The number of nitrogens with one attached hydrogen (secondary N) is 2. The van der Waals surface area contributed by atoms with Crippen LogP contribution in [-0.4, -0.2) is 12.2 Å². The molecule has 0 aromatic heterocycles. The SMILES string of the molecule is COc1ccc(NC(=S)N[C@@H]2CCCc3ccccc32)cc1. The zero-order valence-electron chi connectivity index (χ0n) is 12.6. The van der Waals surface area contributed by atoms with Gasteiger partial charge in [0.2, 0.25) is 0 Å². The first kappa shape index (κ1) is 14.9. The Labute approximate surface area is 136 Å². The van der Waals surface area contributed by atoms with Crippen molar-refractivity contribution < 1.29 is 4.74 Å². The van der Waals surface area contributed by atoms with Crippen LogP contribution in [0.5, 0.6) is 5.75 Å². The van der Waals surface area contributed by atoms with Crippen LogP contribution in [0.4, 0.5) is 5.69 Å². The highest BCUT2D eigenvalue weighted by molar-refractivity contribution is 7.80. The number of methoxy groups -OCH3 is 1. The standard InChI is InChI=1S/C18H20N2OS/c1-21-15-11-9-14(10-12-15)19-18(22)20-17-8-4-6-13-5-2-3-7-16(13)17/h2-3,5,7,9-12,17H,4,6,8H2,1H3,(H2,19,20,22)/t17-/m1/s1. The van der Waals surface area contributed by atoms with Gasteiger partial charge in [0.1, 0.15) is 5.75 Å². The number of aryl methyl sites for hydroxylation is 1. The van der Waals surface area contributed by atoms with Crippen molar-refractivity contribution in [2.75, 3.05) is 12.4 Å². The molecule has 114 valence electrons. The molecule has 0 fully saturated rings. The number of rotatable bonds is 3. The van der Waals surface area contributed by atoms with Crippen molar-refractivity contribution in [3.63, 3.8) is 0 Å². The summed E-state index contributed by atoms with van der Waals surface area (Å²) in [6.07, 6.45) is 3.47. The first-order chi connectivity index (χ1) is 10.8. The van der Waals surface area contributed by atoms with Crippen molar-refractivity contribution in [1.82, 2.24) is 5.32 Å². The molecule has 1 aliphatic rings. The third-order valence-corrected chi connectivity index (χ3v) is 4.24. The smallest absolute Gasteiger partial charge is 0.171 e. The molecule has 4 heteroatoms. The molecule has 0 amide bonds. The van der Waals surface area contributed by atoms with Crippen molar-refractivity contribution >= 4 is 23.0 Å². The van der Waals surface area contributed by atoms with Crippen molar-refractivity contribution in [2.24, 2.45) is 0 Å². The largest absolute Gasteiger partial charge is 0.497 e. The molecule has 1 atom stereocenters. The normalized spacial score (nSPS) is 16.5. The van der Waals surface area contributed by atoms with Crippen molar-refractivity contribution in [3.8, 4) is 5.75 Å². The molecule has 0 saturated heterocycles. The van der Waals surface area contributed by atoms with E-state index >= 15 is 0 Å². The van der Waals surface area contributed by atoms with Gasteiger partial charge in [-0.25, -0.2) is 0 Å². The van der Waals surface area contributed by atoms with Crippen LogP contribution in [0.1, 0.15) is 30.0 Å². The Kier molecular flexibility index (Phi) is 4.59. The second kappa shape index (κ2) is 6.79. The van der Waals surface area contributed by atoms with Crippen molar-refractivity contribution in [3.05, 3.63) is 59.7 Å². The Bertz CT molecular complexity index is 654. The molecule has 0 aliphatic heterocycles. The minimum atomic E-state index is 0.295. The summed E-state index contributed by atoms with van der Waals surface area (Å²) in [5.41, 5.74) is 3.76. The van der Waals surface area contributed by atoms with Gasteiger partial charge >= 0.3 is 0 Å². The molecule has 0 unspecified atom stereocenters. The van der Waals surface area contributed by atoms with Crippen LogP contribution in [0.3, 0.4) is 0 Å². The third-order valence-electron chi connectivity index (χ3n) is 4.02. The summed E-state index contributed by atoms with van der Waals surface area (Å²) < 4.78 is 5.16. The Balaban J connectivity index is 1.65. The van der Waals surface area contributed by atoms with Gasteiger partial charge in [-0.05, 0) is 66.9 Å². The van der Waals surface area contributed by atoms with Gasteiger partial charge in [0.05, 0.1) is 13.2 Å². The zero-order chi connectivity index (χ0) is 15.4. The lowest BCUT2D eigenvalue weighted by Crippen LogP contribution is -2.34. The van der Waals surface area contributed by atoms with Crippen LogP contribution in [0.2, 0.25) is 0 Å². The van der Waals surface area contributed by atoms with E-state index in [1.165, 1.54) is 17.5 Å². The summed E-state index contributed by atoms with van der Waals surface area (Å²) in [5, 5.41) is 7.34. The first-order valence-electron chi connectivity index (χ1n) is 7.55. The molecule has 2 aromatic rings. The molecule has 0 radical (unpaired) electrons. The van der Waals surface area contributed by atoms with Gasteiger partial charge in [-0.1, -0.05) is 24.3 Å². The van der Waals surface area contributed by atoms with E-state index in [0.717, 1.165) is 24.3 Å². The molecule has 2 aromatic carbocycles. The lowest BCUT2D eigenvalue weighted by molar-refractivity contribution is 0.415. The Morgan fingerprint density at radius 3 is 2.68 bits per heavy atom.